The third-order valence-electron chi connectivity index (χ3n) is 2.84. The molecule has 0 spiro atoms. The van der Waals surface area contributed by atoms with E-state index in [4.69, 9.17) is 5.26 Å². The summed E-state index contributed by atoms with van der Waals surface area (Å²) in [5, 5.41) is 11.8. The standard InChI is InChI=1S/C15H21N3O/c1-11(14(19)17-15(2,3)4)18(5)13-8-6-7-12(9-13)10-16/h6-9,11H,1-5H3,(H,17,19). The normalized spacial score (nSPS) is 12.4. The van der Waals surface area contributed by atoms with Gasteiger partial charge in [0, 0.05) is 18.3 Å². The molecule has 1 N–H and O–H groups in total. The molecular weight excluding hydrogens is 238 g/mol. The molecule has 4 heteroatoms. The zero-order valence-electron chi connectivity index (χ0n) is 12.2. The summed E-state index contributed by atoms with van der Waals surface area (Å²) < 4.78 is 0. The third kappa shape index (κ3) is 4.29. The number of carbonyl (C=O) groups is 1. The molecule has 0 fully saturated rings. The molecule has 0 aliphatic heterocycles. The average molecular weight is 259 g/mol. The summed E-state index contributed by atoms with van der Waals surface area (Å²) >= 11 is 0. The number of carbonyl (C=O) groups excluding carboxylic acids is 1. The van der Waals surface area contributed by atoms with E-state index in [1.165, 1.54) is 0 Å². The quantitative estimate of drug-likeness (QED) is 0.906. The molecular formula is C15H21N3O. The predicted octanol–water partition coefficient (Wildman–Crippen LogP) is 2.30. The van der Waals surface area contributed by atoms with Gasteiger partial charge < -0.3 is 10.2 Å². The van der Waals surface area contributed by atoms with E-state index >= 15 is 0 Å². The van der Waals surface area contributed by atoms with Gasteiger partial charge in [-0.05, 0) is 45.9 Å². The zero-order chi connectivity index (χ0) is 14.6. The van der Waals surface area contributed by atoms with Crippen molar-refractivity contribution in [2.24, 2.45) is 0 Å². The van der Waals surface area contributed by atoms with E-state index in [-0.39, 0.29) is 17.5 Å². The van der Waals surface area contributed by atoms with Gasteiger partial charge in [-0.1, -0.05) is 6.07 Å². The van der Waals surface area contributed by atoms with E-state index in [0.29, 0.717) is 5.56 Å². The fourth-order valence-electron chi connectivity index (χ4n) is 1.67. The zero-order valence-corrected chi connectivity index (χ0v) is 12.2. The van der Waals surface area contributed by atoms with Gasteiger partial charge in [0.25, 0.3) is 0 Å². The molecule has 1 atom stereocenters. The van der Waals surface area contributed by atoms with Crippen LogP contribution in [0.2, 0.25) is 0 Å². The Morgan fingerprint density at radius 3 is 2.58 bits per heavy atom. The first-order chi connectivity index (χ1) is 8.74. The second kappa shape index (κ2) is 5.75. The summed E-state index contributed by atoms with van der Waals surface area (Å²) in [7, 11) is 1.85. The van der Waals surface area contributed by atoms with Crippen molar-refractivity contribution in [2.75, 3.05) is 11.9 Å². The number of amides is 1. The maximum atomic E-state index is 12.1. The number of nitrogens with zero attached hydrogens (tertiary/aromatic N) is 2. The summed E-state index contributed by atoms with van der Waals surface area (Å²) in [6.07, 6.45) is 0. The lowest BCUT2D eigenvalue weighted by molar-refractivity contribution is -0.123. The summed E-state index contributed by atoms with van der Waals surface area (Å²) in [6, 6.07) is 9.04. The fourth-order valence-corrected chi connectivity index (χ4v) is 1.67. The van der Waals surface area contributed by atoms with Crippen molar-refractivity contribution in [2.45, 2.75) is 39.3 Å². The van der Waals surface area contributed by atoms with Crippen molar-refractivity contribution in [3.8, 4) is 6.07 Å². The number of nitriles is 1. The van der Waals surface area contributed by atoms with Gasteiger partial charge in [0.2, 0.25) is 5.91 Å². The van der Waals surface area contributed by atoms with Crippen LogP contribution in [0.15, 0.2) is 24.3 Å². The van der Waals surface area contributed by atoms with E-state index in [9.17, 15) is 4.79 Å². The highest BCUT2D eigenvalue weighted by atomic mass is 16.2. The van der Waals surface area contributed by atoms with Crippen LogP contribution < -0.4 is 10.2 Å². The highest BCUT2D eigenvalue weighted by Crippen LogP contribution is 2.17. The van der Waals surface area contributed by atoms with Gasteiger partial charge in [-0.25, -0.2) is 0 Å². The second-order valence-electron chi connectivity index (χ2n) is 5.69. The molecule has 1 amide bonds. The molecule has 0 aliphatic carbocycles. The lowest BCUT2D eigenvalue weighted by Crippen LogP contribution is -2.50. The van der Waals surface area contributed by atoms with E-state index < -0.39 is 0 Å². The minimum Gasteiger partial charge on any atom is -0.363 e. The molecule has 0 aliphatic rings. The largest absolute Gasteiger partial charge is 0.363 e. The Balaban J connectivity index is 2.84. The predicted molar refractivity (Wildman–Crippen MR) is 76.9 cm³/mol. The van der Waals surface area contributed by atoms with Crippen LogP contribution in [0.5, 0.6) is 0 Å². The number of anilines is 1. The lowest BCUT2D eigenvalue weighted by Gasteiger charge is -2.29. The van der Waals surface area contributed by atoms with Crippen LogP contribution in [0, 0.1) is 11.3 Å². The molecule has 0 aromatic heterocycles. The van der Waals surface area contributed by atoms with E-state index in [0.717, 1.165) is 5.69 Å². The topological polar surface area (TPSA) is 56.1 Å². The molecule has 0 saturated carbocycles. The van der Waals surface area contributed by atoms with Crippen LogP contribution in [0.25, 0.3) is 0 Å². The second-order valence-corrected chi connectivity index (χ2v) is 5.69. The third-order valence-corrected chi connectivity index (χ3v) is 2.84. The maximum absolute atomic E-state index is 12.1. The first-order valence-electron chi connectivity index (χ1n) is 6.29. The molecule has 0 bridgehead atoms. The monoisotopic (exact) mass is 259 g/mol. The van der Waals surface area contributed by atoms with Gasteiger partial charge >= 0.3 is 0 Å². The summed E-state index contributed by atoms with van der Waals surface area (Å²) in [6.45, 7) is 7.70. The van der Waals surface area contributed by atoms with E-state index in [1.807, 2.05) is 51.8 Å². The molecule has 1 aromatic rings. The highest BCUT2D eigenvalue weighted by Gasteiger charge is 2.22. The first-order valence-corrected chi connectivity index (χ1v) is 6.29. The Kier molecular flexibility index (Phi) is 4.55. The first kappa shape index (κ1) is 15.0. The van der Waals surface area contributed by atoms with Crippen LogP contribution in [-0.2, 0) is 4.79 Å². The Bertz CT molecular complexity index is 497. The van der Waals surface area contributed by atoms with Crippen LogP contribution in [0.3, 0.4) is 0 Å². The van der Waals surface area contributed by atoms with Crippen LogP contribution >= 0.6 is 0 Å². The summed E-state index contributed by atoms with van der Waals surface area (Å²) in [4.78, 5) is 14.0. The van der Waals surface area contributed by atoms with Crippen LogP contribution in [0.4, 0.5) is 5.69 Å². The molecule has 4 nitrogen and oxygen atoms in total. The van der Waals surface area contributed by atoms with Crippen molar-refractivity contribution < 1.29 is 4.79 Å². The maximum Gasteiger partial charge on any atom is 0.242 e. The van der Waals surface area contributed by atoms with Crippen LogP contribution in [0.1, 0.15) is 33.3 Å². The van der Waals surface area contributed by atoms with Gasteiger partial charge in [-0.2, -0.15) is 5.26 Å². The molecule has 19 heavy (non-hydrogen) atoms. The van der Waals surface area contributed by atoms with E-state index in [2.05, 4.69) is 11.4 Å². The number of benzene rings is 1. The smallest absolute Gasteiger partial charge is 0.242 e. The number of hydrogen-bond acceptors (Lipinski definition) is 3. The molecule has 1 unspecified atom stereocenters. The van der Waals surface area contributed by atoms with Gasteiger partial charge in [0.05, 0.1) is 11.6 Å². The minimum atomic E-state index is -0.298. The van der Waals surface area contributed by atoms with Crippen LogP contribution in [-0.4, -0.2) is 24.5 Å². The molecule has 0 saturated heterocycles. The minimum absolute atomic E-state index is 0.0302. The Morgan fingerprint density at radius 2 is 2.05 bits per heavy atom. The van der Waals surface area contributed by atoms with Crippen molar-refractivity contribution in [1.82, 2.24) is 5.32 Å². The van der Waals surface area contributed by atoms with E-state index in [1.54, 1.807) is 12.1 Å². The van der Waals surface area contributed by atoms with Gasteiger partial charge in [-0.3, -0.25) is 4.79 Å². The number of likely N-dealkylation sites (N-methyl/N-ethyl adjacent to an activating group) is 1. The van der Waals surface area contributed by atoms with Gasteiger partial charge in [0.15, 0.2) is 0 Å². The molecule has 0 heterocycles. The Labute approximate surface area is 115 Å². The summed E-state index contributed by atoms with van der Waals surface area (Å²) in [5.41, 5.74) is 1.20. The number of rotatable bonds is 3. The fraction of sp³-hybridized carbons (Fsp3) is 0.467. The van der Waals surface area contributed by atoms with Crippen molar-refractivity contribution >= 4 is 11.6 Å². The van der Waals surface area contributed by atoms with Gasteiger partial charge in [0.1, 0.15) is 6.04 Å². The molecule has 0 radical (unpaired) electrons. The van der Waals surface area contributed by atoms with Crippen molar-refractivity contribution in [3.63, 3.8) is 0 Å². The molecule has 1 rings (SSSR count). The molecule has 102 valence electrons. The number of hydrogen-bond donors (Lipinski definition) is 1. The average Bonchev–Trinajstić information content (AvgIpc) is 2.35. The van der Waals surface area contributed by atoms with Crippen molar-refractivity contribution in [1.29, 1.82) is 5.26 Å². The SMILES string of the molecule is CC(C(=O)NC(C)(C)C)N(C)c1cccc(C#N)c1. The highest BCUT2D eigenvalue weighted by molar-refractivity contribution is 5.85. The molecule has 1 aromatic carbocycles. The Hall–Kier alpha value is -2.02. The summed E-state index contributed by atoms with van der Waals surface area (Å²) in [5.74, 6) is -0.0302. The Morgan fingerprint density at radius 1 is 1.42 bits per heavy atom. The van der Waals surface area contributed by atoms with Gasteiger partial charge in [-0.15, -0.1) is 0 Å². The lowest BCUT2D eigenvalue weighted by atomic mass is 10.1. The van der Waals surface area contributed by atoms with Crippen molar-refractivity contribution in [3.05, 3.63) is 29.8 Å². The number of nitrogens with one attached hydrogen (secondary N) is 1.